The summed E-state index contributed by atoms with van der Waals surface area (Å²) in [5, 5.41) is 1.78. The summed E-state index contributed by atoms with van der Waals surface area (Å²) >= 11 is 0. The van der Waals surface area contributed by atoms with Crippen LogP contribution in [0.5, 0.6) is 0 Å². The van der Waals surface area contributed by atoms with Crippen LogP contribution in [0.25, 0.3) is 0 Å². The second-order valence-corrected chi connectivity index (χ2v) is 9.69. The fraction of sp³-hybridized carbons (Fsp3) is 0.577. The second kappa shape index (κ2) is 9.56. The molecule has 0 bridgehead atoms. The van der Waals surface area contributed by atoms with E-state index in [0.29, 0.717) is 38.8 Å². The number of rotatable bonds is 4. The lowest BCUT2D eigenvalue weighted by Crippen LogP contribution is -2.53. The zero-order valence-corrected chi connectivity index (χ0v) is 20.2. The molecule has 1 saturated heterocycles. The van der Waals surface area contributed by atoms with E-state index >= 15 is 0 Å². The number of Topliss-reactive ketones (excluding diaryl/α,β-unsaturated/α-hetero) is 2. The molecule has 1 aliphatic carbocycles. The molecule has 1 aliphatic heterocycles. The molecule has 1 heterocycles. The molecule has 6 nitrogen and oxygen atoms in total. The average Bonchev–Trinajstić information content (AvgIpc) is 2.69. The fourth-order valence-corrected chi connectivity index (χ4v) is 5.43. The van der Waals surface area contributed by atoms with Crippen molar-refractivity contribution in [2.45, 2.75) is 65.3 Å². The lowest BCUT2D eigenvalue weighted by molar-refractivity contribution is -0.141. The summed E-state index contributed by atoms with van der Waals surface area (Å²) < 4.78 is 0. The average molecular weight is 438 g/mol. The van der Waals surface area contributed by atoms with Crippen LogP contribution in [0.4, 0.5) is 0 Å². The van der Waals surface area contributed by atoms with Crippen LogP contribution in [-0.4, -0.2) is 60.6 Å². The van der Waals surface area contributed by atoms with Crippen molar-refractivity contribution in [2.75, 3.05) is 27.2 Å². The maximum absolute atomic E-state index is 13.3. The Morgan fingerprint density at radius 3 is 2.12 bits per heavy atom. The first kappa shape index (κ1) is 24.2. The molecule has 1 N–H and O–H groups in total. The molecule has 1 unspecified atom stereocenters. The van der Waals surface area contributed by atoms with Gasteiger partial charge in [0.1, 0.15) is 17.5 Å². The summed E-state index contributed by atoms with van der Waals surface area (Å²) in [6.07, 6.45) is 2.21. The Kier molecular flexibility index (Phi) is 7.22. The van der Waals surface area contributed by atoms with Gasteiger partial charge in [-0.05, 0) is 74.8 Å². The summed E-state index contributed by atoms with van der Waals surface area (Å²) in [5.41, 5.74) is 6.46. The van der Waals surface area contributed by atoms with E-state index in [1.807, 2.05) is 51.9 Å². The zero-order chi connectivity index (χ0) is 23.6. The van der Waals surface area contributed by atoms with E-state index in [1.54, 1.807) is 11.9 Å². The van der Waals surface area contributed by atoms with E-state index in [0.717, 1.165) is 22.3 Å². The molecule has 0 radical (unpaired) electrons. The van der Waals surface area contributed by atoms with Crippen LogP contribution in [0.15, 0.2) is 12.1 Å². The summed E-state index contributed by atoms with van der Waals surface area (Å²) in [5.74, 6) is 5.38. The third kappa shape index (κ3) is 4.95. The molecule has 2 aliphatic rings. The topological polar surface area (TPSA) is 69.7 Å². The van der Waals surface area contributed by atoms with Crippen LogP contribution in [0, 0.1) is 31.1 Å². The molecule has 1 spiro atoms. The van der Waals surface area contributed by atoms with Crippen molar-refractivity contribution in [3.63, 3.8) is 0 Å². The van der Waals surface area contributed by atoms with Gasteiger partial charge in [0.2, 0.25) is 5.91 Å². The lowest BCUT2D eigenvalue weighted by atomic mass is 9.62. The molecule has 6 heteroatoms. The quantitative estimate of drug-likeness (QED) is 0.446. The molecule has 3 rings (SSSR count). The highest BCUT2D eigenvalue weighted by Crippen LogP contribution is 2.46. The van der Waals surface area contributed by atoms with Crippen molar-refractivity contribution in [3.8, 4) is 11.8 Å². The standard InChI is InChI=1S/C26H35N3O3/c1-7-8-20-13-17(2)23(18(3)14-20)24-21(30)15-26(16-22(24)31)9-11-29(12-10-26)25(32)19(4)27-28(5)6/h13-14,19,24,27H,9-12,15-16H2,1-6H3. The Hall–Kier alpha value is -2.49. The first-order chi connectivity index (χ1) is 15.1. The number of hydrogen-bond donors (Lipinski definition) is 1. The van der Waals surface area contributed by atoms with Gasteiger partial charge in [-0.1, -0.05) is 5.92 Å². The van der Waals surface area contributed by atoms with E-state index in [1.165, 1.54) is 0 Å². The number of nitrogens with one attached hydrogen (secondary N) is 1. The molecule has 1 saturated carbocycles. The molecule has 1 aromatic rings. The molecular weight excluding hydrogens is 402 g/mol. The van der Waals surface area contributed by atoms with Gasteiger partial charge in [0.05, 0.1) is 6.04 Å². The molecule has 172 valence electrons. The Balaban J connectivity index is 1.72. The fourth-order valence-electron chi connectivity index (χ4n) is 5.43. The highest BCUT2D eigenvalue weighted by Gasteiger charge is 2.48. The Morgan fingerprint density at radius 1 is 1.12 bits per heavy atom. The summed E-state index contributed by atoms with van der Waals surface area (Å²) in [6, 6.07) is 3.64. The summed E-state index contributed by atoms with van der Waals surface area (Å²) in [7, 11) is 3.72. The normalized spacial score (nSPS) is 19.8. The van der Waals surface area contributed by atoms with Gasteiger partial charge >= 0.3 is 0 Å². The monoisotopic (exact) mass is 437 g/mol. The number of carbonyl (C=O) groups excluding carboxylic acids is 3. The Morgan fingerprint density at radius 2 is 1.66 bits per heavy atom. The van der Waals surface area contributed by atoms with Crippen LogP contribution >= 0.6 is 0 Å². The van der Waals surface area contributed by atoms with Crippen LogP contribution in [0.3, 0.4) is 0 Å². The minimum Gasteiger partial charge on any atom is -0.341 e. The summed E-state index contributed by atoms with van der Waals surface area (Å²) in [4.78, 5) is 41.2. The number of piperidine rings is 1. The lowest BCUT2D eigenvalue weighted by Gasteiger charge is -2.45. The largest absolute Gasteiger partial charge is 0.341 e. The molecular formula is C26H35N3O3. The van der Waals surface area contributed by atoms with Gasteiger partial charge in [-0.2, -0.15) is 0 Å². The smallest absolute Gasteiger partial charge is 0.240 e. The van der Waals surface area contributed by atoms with Crippen molar-refractivity contribution in [3.05, 3.63) is 34.4 Å². The van der Waals surface area contributed by atoms with Crippen molar-refractivity contribution in [1.29, 1.82) is 0 Å². The minimum absolute atomic E-state index is 0.0178. The van der Waals surface area contributed by atoms with Crippen molar-refractivity contribution < 1.29 is 14.4 Å². The number of likely N-dealkylation sites (tertiary alicyclic amines) is 1. The predicted octanol–water partition coefficient (Wildman–Crippen LogP) is 2.75. The maximum atomic E-state index is 13.3. The predicted molar refractivity (Wildman–Crippen MR) is 125 cm³/mol. The number of hydrazine groups is 1. The SMILES string of the molecule is CC#Cc1cc(C)c(C2C(=O)CC3(CCN(C(=O)C(C)NN(C)C)CC3)CC2=O)c(C)c1. The first-order valence-corrected chi connectivity index (χ1v) is 11.4. The molecule has 1 amide bonds. The van der Waals surface area contributed by atoms with E-state index in [2.05, 4.69) is 17.3 Å². The van der Waals surface area contributed by atoms with Gasteiger partial charge in [0.25, 0.3) is 0 Å². The van der Waals surface area contributed by atoms with E-state index < -0.39 is 5.92 Å². The highest BCUT2D eigenvalue weighted by atomic mass is 16.2. The Labute approximate surface area is 191 Å². The number of benzene rings is 1. The van der Waals surface area contributed by atoms with Crippen molar-refractivity contribution >= 4 is 17.5 Å². The van der Waals surface area contributed by atoms with E-state index in [4.69, 9.17) is 0 Å². The summed E-state index contributed by atoms with van der Waals surface area (Å²) in [6.45, 7) is 8.75. The zero-order valence-electron chi connectivity index (χ0n) is 20.2. The van der Waals surface area contributed by atoms with Crippen molar-refractivity contribution in [1.82, 2.24) is 15.3 Å². The number of carbonyl (C=O) groups is 3. The van der Waals surface area contributed by atoms with Crippen LogP contribution in [0.1, 0.15) is 67.7 Å². The van der Waals surface area contributed by atoms with Crippen molar-refractivity contribution in [2.24, 2.45) is 5.41 Å². The second-order valence-electron chi connectivity index (χ2n) is 9.69. The maximum Gasteiger partial charge on any atom is 0.240 e. The van der Waals surface area contributed by atoms with Gasteiger partial charge in [0, 0.05) is 45.6 Å². The van der Waals surface area contributed by atoms with Gasteiger partial charge in [-0.25, -0.2) is 10.4 Å². The van der Waals surface area contributed by atoms with Gasteiger partial charge in [0.15, 0.2) is 0 Å². The number of hydrogen-bond acceptors (Lipinski definition) is 5. The van der Waals surface area contributed by atoms with Gasteiger partial charge in [-0.3, -0.25) is 14.4 Å². The first-order valence-electron chi connectivity index (χ1n) is 11.4. The van der Waals surface area contributed by atoms with Crippen LogP contribution in [0.2, 0.25) is 0 Å². The number of ketones is 2. The molecule has 2 fully saturated rings. The van der Waals surface area contributed by atoms with Crippen LogP contribution < -0.4 is 5.43 Å². The molecule has 0 aromatic heterocycles. The molecule has 32 heavy (non-hydrogen) atoms. The Bertz CT molecular complexity index is 935. The van der Waals surface area contributed by atoms with Gasteiger partial charge < -0.3 is 4.90 Å². The third-order valence-corrected chi connectivity index (χ3v) is 6.85. The molecule has 1 aromatic carbocycles. The minimum atomic E-state index is -0.673. The molecule has 1 atom stereocenters. The van der Waals surface area contributed by atoms with E-state index in [9.17, 15) is 14.4 Å². The number of amides is 1. The van der Waals surface area contributed by atoms with Gasteiger partial charge in [-0.15, -0.1) is 5.92 Å². The van der Waals surface area contributed by atoms with Crippen LogP contribution in [-0.2, 0) is 14.4 Å². The number of aryl methyl sites for hydroxylation is 2. The number of nitrogens with zero attached hydrogens (tertiary/aromatic N) is 2. The third-order valence-electron chi connectivity index (χ3n) is 6.85. The highest BCUT2D eigenvalue weighted by molar-refractivity contribution is 6.10. The van der Waals surface area contributed by atoms with E-state index in [-0.39, 0.29) is 28.9 Å².